The summed E-state index contributed by atoms with van der Waals surface area (Å²) in [5, 5.41) is 0. The molecular formula is C27H36N2O4. The molecule has 1 aliphatic rings. The maximum absolute atomic E-state index is 13.8. The van der Waals surface area contributed by atoms with Gasteiger partial charge in [0.15, 0.2) is 0 Å². The zero-order valence-electron chi connectivity index (χ0n) is 20.6. The standard InChI is InChI=1S/C27H36N2O4/c1-18(2)15-24-26(30)29(17-21-9-13-23(33-6)14-10-21)25(19(3)4)27(31)28(24)16-20-7-11-22(32-5)12-8-20/h7-14,18-19,24-25H,15-17H2,1-6H3/t24-,25+/m1/s1. The third-order valence-corrected chi connectivity index (χ3v) is 6.17. The first-order chi connectivity index (χ1) is 15.7. The zero-order chi connectivity index (χ0) is 24.1. The highest BCUT2D eigenvalue weighted by Gasteiger charge is 2.46. The molecular weight excluding hydrogens is 416 g/mol. The average molecular weight is 453 g/mol. The van der Waals surface area contributed by atoms with Gasteiger partial charge < -0.3 is 19.3 Å². The van der Waals surface area contributed by atoms with Crippen LogP contribution in [-0.2, 0) is 22.7 Å². The fourth-order valence-electron chi connectivity index (χ4n) is 4.46. The Morgan fingerprint density at radius 2 is 1.18 bits per heavy atom. The van der Waals surface area contributed by atoms with Gasteiger partial charge in [-0.2, -0.15) is 0 Å². The summed E-state index contributed by atoms with van der Waals surface area (Å²) in [6.45, 7) is 9.00. The molecule has 33 heavy (non-hydrogen) atoms. The largest absolute Gasteiger partial charge is 0.497 e. The number of benzene rings is 2. The molecule has 0 aromatic heterocycles. The third-order valence-electron chi connectivity index (χ3n) is 6.17. The van der Waals surface area contributed by atoms with Crippen molar-refractivity contribution < 1.29 is 19.1 Å². The van der Waals surface area contributed by atoms with Crippen molar-refractivity contribution in [2.24, 2.45) is 11.8 Å². The van der Waals surface area contributed by atoms with Crippen LogP contribution in [0.4, 0.5) is 0 Å². The lowest BCUT2D eigenvalue weighted by Crippen LogP contribution is -2.65. The summed E-state index contributed by atoms with van der Waals surface area (Å²) in [7, 11) is 3.26. The van der Waals surface area contributed by atoms with E-state index in [0.29, 0.717) is 19.5 Å². The number of rotatable bonds is 9. The second-order valence-electron chi connectivity index (χ2n) is 9.46. The lowest BCUT2D eigenvalue weighted by Gasteiger charge is -2.47. The highest BCUT2D eigenvalue weighted by Crippen LogP contribution is 2.30. The van der Waals surface area contributed by atoms with Crippen LogP contribution in [0.1, 0.15) is 45.2 Å². The maximum atomic E-state index is 13.8. The van der Waals surface area contributed by atoms with Crippen molar-refractivity contribution >= 4 is 11.8 Å². The molecule has 6 heteroatoms. The second-order valence-corrected chi connectivity index (χ2v) is 9.46. The Hall–Kier alpha value is -3.02. The molecule has 1 aliphatic heterocycles. The quantitative estimate of drug-likeness (QED) is 0.562. The molecule has 1 heterocycles. The van der Waals surface area contributed by atoms with Crippen LogP contribution in [0.25, 0.3) is 0 Å². The number of carbonyl (C=O) groups is 2. The van der Waals surface area contributed by atoms with Crippen LogP contribution in [0.3, 0.4) is 0 Å². The fraction of sp³-hybridized carbons (Fsp3) is 0.481. The van der Waals surface area contributed by atoms with Crippen LogP contribution in [0.15, 0.2) is 48.5 Å². The predicted octanol–water partition coefficient (Wildman–Crippen LogP) is 4.51. The summed E-state index contributed by atoms with van der Waals surface area (Å²) in [6.07, 6.45) is 0.630. The van der Waals surface area contributed by atoms with Crippen molar-refractivity contribution in [3.8, 4) is 11.5 Å². The van der Waals surface area contributed by atoms with E-state index in [1.165, 1.54) is 0 Å². The van der Waals surface area contributed by atoms with Crippen LogP contribution < -0.4 is 9.47 Å². The molecule has 6 nitrogen and oxygen atoms in total. The van der Waals surface area contributed by atoms with Gasteiger partial charge in [-0.05, 0) is 53.6 Å². The summed E-state index contributed by atoms with van der Waals surface area (Å²) >= 11 is 0. The lowest BCUT2D eigenvalue weighted by atomic mass is 9.90. The number of hydrogen-bond acceptors (Lipinski definition) is 4. The highest BCUT2D eigenvalue weighted by atomic mass is 16.5. The SMILES string of the molecule is COc1ccc(CN2C(=O)[C@H](C(C)C)N(Cc3ccc(OC)cc3)C(=O)[C@H]2CC(C)C)cc1. The third kappa shape index (κ3) is 5.67. The Balaban J connectivity index is 1.92. The zero-order valence-corrected chi connectivity index (χ0v) is 20.6. The number of carbonyl (C=O) groups excluding carboxylic acids is 2. The molecule has 178 valence electrons. The molecule has 2 aromatic rings. The first-order valence-corrected chi connectivity index (χ1v) is 11.6. The Bertz CT molecular complexity index is 938. The smallest absolute Gasteiger partial charge is 0.246 e. The predicted molar refractivity (Wildman–Crippen MR) is 129 cm³/mol. The number of hydrogen-bond donors (Lipinski definition) is 0. The van der Waals surface area contributed by atoms with E-state index in [9.17, 15) is 9.59 Å². The Labute approximate surface area is 197 Å². The normalized spacial score (nSPS) is 18.9. The van der Waals surface area contributed by atoms with E-state index in [0.717, 1.165) is 22.6 Å². The van der Waals surface area contributed by atoms with Gasteiger partial charge in [-0.25, -0.2) is 0 Å². The molecule has 3 rings (SSSR count). The molecule has 2 aromatic carbocycles. The number of amides is 2. The van der Waals surface area contributed by atoms with Crippen molar-refractivity contribution in [2.45, 2.75) is 59.3 Å². The molecule has 0 saturated carbocycles. The Morgan fingerprint density at radius 3 is 1.58 bits per heavy atom. The molecule has 0 radical (unpaired) electrons. The summed E-state index contributed by atoms with van der Waals surface area (Å²) in [4.78, 5) is 31.2. The minimum absolute atomic E-state index is 0.00179. The molecule has 0 unspecified atom stereocenters. The minimum atomic E-state index is -0.499. The van der Waals surface area contributed by atoms with Crippen molar-refractivity contribution in [3.05, 3.63) is 59.7 Å². The monoisotopic (exact) mass is 452 g/mol. The first kappa shape index (κ1) is 24.6. The van der Waals surface area contributed by atoms with Gasteiger partial charge in [0, 0.05) is 13.1 Å². The molecule has 1 saturated heterocycles. The number of ether oxygens (including phenoxy) is 2. The molecule has 0 N–H and O–H groups in total. The van der Waals surface area contributed by atoms with Crippen molar-refractivity contribution in [1.29, 1.82) is 0 Å². The summed E-state index contributed by atoms with van der Waals surface area (Å²) in [5.41, 5.74) is 1.96. The van der Waals surface area contributed by atoms with Crippen LogP contribution in [0, 0.1) is 11.8 Å². The van der Waals surface area contributed by atoms with Gasteiger partial charge >= 0.3 is 0 Å². The van der Waals surface area contributed by atoms with E-state index in [2.05, 4.69) is 13.8 Å². The van der Waals surface area contributed by atoms with E-state index < -0.39 is 12.1 Å². The summed E-state index contributed by atoms with van der Waals surface area (Å²) in [5.74, 6) is 1.85. The van der Waals surface area contributed by atoms with E-state index in [1.807, 2.05) is 62.4 Å². The van der Waals surface area contributed by atoms with Gasteiger partial charge in [-0.1, -0.05) is 52.0 Å². The second kappa shape index (κ2) is 10.7. The lowest BCUT2D eigenvalue weighted by molar-refractivity contribution is -0.166. The number of piperazine rings is 1. The Morgan fingerprint density at radius 1 is 0.727 bits per heavy atom. The molecule has 0 spiro atoms. The van der Waals surface area contributed by atoms with Gasteiger partial charge in [-0.15, -0.1) is 0 Å². The van der Waals surface area contributed by atoms with E-state index in [1.54, 1.807) is 24.0 Å². The van der Waals surface area contributed by atoms with Gasteiger partial charge in [0.05, 0.1) is 14.2 Å². The van der Waals surface area contributed by atoms with Crippen LogP contribution in [0.5, 0.6) is 11.5 Å². The van der Waals surface area contributed by atoms with Crippen molar-refractivity contribution in [2.75, 3.05) is 14.2 Å². The van der Waals surface area contributed by atoms with Gasteiger partial charge in [0.1, 0.15) is 23.6 Å². The molecule has 2 atom stereocenters. The van der Waals surface area contributed by atoms with E-state index >= 15 is 0 Å². The fourth-order valence-corrected chi connectivity index (χ4v) is 4.46. The van der Waals surface area contributed by atoms with Gasteiger partial charge in [-0.3, -0.25) is 9.59 Å². The van der Waals surface area contributed by atoms with Crippen LogP contribution >= 0.6 is 0 Å². The first-order valence-electron chi connectivity index (χ1n) is 11.6. The number of methoxy groups -OCH3 is 2. The molecule has 0 aliphatic carbocycles. The van der Waals surface area contributed by atoms with Crippen LogP contribution in [-0.4, -0.2) is 47.9 Å². The molecule has 2 amide bonds. The van der Waals surface area contributed by atoms with E-state index in [-0.39, 0.29) is 23.7 Å². The van der Waals surface area contributed by atoms with Gasteiger partial charge in [0.2, 0.25) is 11.8 Å². The van der Waals surface area contributed by atoms with Crippen LogP contribution in [0.2, 0.25) is 0 Å². The van der Waals surface area contributed by atoms with Crippen molar-refractivity contribution in [3.63, 3.8) is 0 Å². The highest BCUT2D eigenvalue weighted by molar-refractivity contribution is 5.97. The van der Waals surface area contributed by atoms with Gasteiger partial charge in [0.25, 0.3) is 0 Å². The van der Waals surface area contributed by atoms with Crippen molar-refractivity contribution in [1.82, 2.24) is 9.80 Å². The molecule has 0 bridgehead atoms. The molecule has 1 fully saturated rings. The number of nitrogens with zero attached hydrogens (tertiary/aromatic N) is 2. The topological polar surface area (TPSA) is 59.1 Å². The average Bonchev–Trinajstić information content (AvgIpc) is 2.80. The summed E-state index contributed by atoms with van der Waals surface area (Å²) < 4.78 is 10.5. The van der Waals surface area contributed by atoms with E-state index in [4.69, 9.17) is 9.47 Å². The Kier molecular flexibility index (Phi) is 8.01. The summed E-state index contributed by atoms with van der Waals surface area (Å²) in [6, 6.07) is 14.4. The minimum Gasteiger partial charge on any atom is -0.497 e. The maximum Gasteiger partial charge on any atom is 0.246 e.